The van der Waals surface area contributed by atoms with Crippen LogP contribution in [0.1, 0.15) is 49.3 Å². The molecule has 1 saturated carbocycles. The van der Waals surface area contributed by atoms with Gasteiger partial charge in [-0.15, -0.1) is 0 Å². The lowest BCUT2D eigenvalue weighted by Gasteiger charge is -2.58. The Bertz CT molecular complexity index is 2640. The standard InChI is InChI=1S/C49H37NO/c1-48-27-29-49(30-28-48)41-26-23-35(32-11-4-2-5-12-32)31-44(41)50(43-20-10-19-42(48)45(43)49)36-24-21-34(22-25-36)38-16-9-18-40-39-17-8-15-37(46(39)51-47(38)40)33-13-6-3-7-14-33/h2-26,31H,27-30H2,1H3. The molecule has 0 radical (unpaired) electrons. The van der Waals surface area contributed by atoms with Crippen LogP contribution in [0.25, 0.3) is 55.3 Å². The minimum atomic E-state index is 0.0697. The van der Waals surface area contributed by atoms with Crippen molar-refractivity contribution in [2.24, 2.45) is 0 Å². The van der Waals surface area contributed by atoms with Gasteiger partial charge in [0.05, 0.1) is 11.4 Å². The molecule has 2 heteroatoms. The summed E-state index contributed by atoms with van der Waals surface area (Å²) in [5.74, 6) is 0. The molecule has 1 aromatic heterocycles. The van der Waals surface area contributed by atoms with Crippen molar-refractivity contribution in [1.82, 2.24) is 0 Å². The molecule has 0 atom stereocenters. The lowest BCUT2D eigenvalue weighted by molar-refractivity contribution is 0.203. The first-order valence-corrected chi connectivity index (χ1v) is 18.4. The second-order valence-corrected chi connectivity index (χ2v) is 15.2. The van der Waals surface area contributed by atoms with E-state index in [0.29, 0.717) is 0 Å². The Hall–Kier alpha value is -5.86. The molecule has 0 unspecified atom stereocenters. The fourth-order valence-corrected chi connectivity index (χ4v) is 9.91. The SMILES string of the molecule is CC12CCC3(CC1)c1ccc(-c4ccccc4)cc1N(c1ccc(-c4cccc5c4oc4c(-c6ccccc6)cccc45)cc1)c1cccc2c13. The average molecular weight is 656 g/mol. The largest absolute Gasteiger partial charge is 0.455 e. The number of nitrogens with zero attached hydrogens (tertiary/aromatic N) is 1. The Kier molecular flexibility index (Phi) is 6.00. The Morgan fingerprint density at radius 2 is 1.06 bits per heavy atom. The number of hydrogen-bond donors (Lipinski definition) is 0. The van der Waals surface area contributed by atoms with E-state index in [4.69, 9.17) is 4.42 Å². The summed E-state index contributed by atoms with van der Waals surface area (Å²) in [6.45, 7) is 2.50. The Morgan fingerprint density at radius 3 is 1.73 bits per heavy atom. The van der Waals surface area contributed by atoms with Crippen LogP contribution >= 0.6 is 0 Å². The van der Waals surface area contributed by atoms with Gasteiger partial charge in [0, 0.05) is 33.0 Å². The fourth-order valence-electron chi connectivity index (χ4n) is 9.91. The van der Waals surface area contributed by atoms with Crippen molar-refractivity contribution in [3.05, 3.63) is 174 Å². The third kappa shape index (κ3) is 4.05. The smallest absolute Gasteiger partial charge is 0.143 e. The molecule has 1 spiro atoms. The molecule has 0 saturated heterocycles. The van der Waals surface area contributed by atoms with Crippen molar-refractivity contribution in [1.29, 1.82) is 0 Å². The van der Waals surface area contributed by atoms with Crippen molar-refractivity contribution >= 4 is 39.0 Å². The van der Waals surface area contributed by atoms with E-state index in [1.807, 2.05) is 0 Å². The van der Waals surface area contributed by atoms with Gasteiger partial charge in [0.1, 0.15) is 11.2 Å². The molecule has 1 fully saturated rings. The van der Waals surface area contributed by atoms with Crippen LogP contribution in [0.15, 0.2) is 162 Å². The molecule has 0 amide bonds. The third-order valence-corrected chi connectivity index (χ3v) is 12.5. The minimum Gasteiger partial charge on any atom is -0.455 e. The highest BCUT2D eigenvalue weighted by Gasteiger charge is 2.55. The highest BCUT2D eigenvalue weighted by molar-refractivity contribution is 6.13. The van der Waals surface area contributed by atoms with Gasteiger partial charge >= 0.3 is 0 Å². The maximum atomic E-state index is 6.79. The number of anilines is 3. The summed E-state index contributed by atoms with van der Waals surface area (Å²) in [5.41, 5.74) is 17.7. The van der Waals surface area contributed by atoms with E-state index in [1.54, 1.807) is 11.1 Å². The maximum absolute atomic E-state index is 6.79. The van der Waals surface area contributed by atoms with E-state index >= 15 is 0 Å². The Labute approximate surface area is 298 Å². The molecule has 2 nitrogen and oxygen atoms in total. The van der Waals surface area contributed by atoms with Crippen LogP contribution in [0.4, 0.5) is 17.1 Å². The highest BCUT2D eigenvalue weighted by Crippen LogP contribution is 2.66. The summed E-state index contributed by atoms with van der Waals surface area (Å²) >= 11 is 0. The molecule has 51 heavy (non-hydrogen) atoms. The van der Waals surface area contributed by atoms with Crippen molar-refractivity contribution in [3.63, 3.8) is 0 Å². The van der Waals surface area contributed by atoms with Gasteiger partial charge in [-0.05, 0) is 94.3 Å². The molecular formula is C49H37NO. The number of furan rings is 1. The summed E-state index contributed by atoms with van der Waals surface area (Å²) < 4.78 is 6.79. The summed E-state index contributed by atoms with van der Waals surface area (Å²) in [4.78, 5) is 2.55. The fraction of sp³-hybridized carbons (Fsp3) is 0.143. The van der Waals surface area contributed by atoms with Gasteiger partial charge < -0.3 is 9.32 Å². The van der Waals surface area contributed by atoms with Gasteiger partial charge in [-0.3, -0.25) is 0 Å². The second kappa shape index (κ2) is 10.6. The van der Waals surface area contributed by atoms with E-state index in [2.05, 4.69) is 170 Å². The van der Waals surface area contributed by atoms with Crippen LogP contribution in [0, 0.1) is 0 Å². The molecule has 12 rings (SSSR count). The van der Waals surface area contributed by atoms with Crippen LogP contribution in [0.2, 0.25) is 0 Å². The molecular weight excluding hydrogens is 619 g/mol. The molecule has 3 aliphatic carbocycles. The number of para-hydroxylation sites is 2. The molecule has 2 bridgehead atoms. The third-order valence-electron chi connectivity index (χ3n) is 12.5. The Balaban J connectivity index is 1.08. The maximum Gasteiger partial charge on any atom is 0.143 e. The Morgan fingerprint density at radius 1 is 0.471 bits per heavy atom. The van der Waals surface area contributed by atoms with Crippen molar-refractivity contribution in [3.8, 4) is 33.4 Å². The quantitative estimate of drug-likeness (QED) is 0.188. The zero-order chi connectivity index (χ0) is 33.7. The van der Waals surface area contributed by atoms with Crippen LogP contribution in [0.5, 0.6) is 0 Å². The van der Waals surface area contributed by atoms with Crippen LogP contribution in [-0.4, -0.2) is 0 Å². The zero-order valence-corrected chi connectivity index (χ0v) is 28.7. The molecule has 244 valence electrons. The van der Waals surface area contributed by atoms with E-state index < -0.39 is 0 Å². The van der Waals surface area contributed by atoms with E-state index in [1.165, 1.54) is 59.4 Å². The van der Waals surface area contributed by atoms with Crippen molar-refractivity contribution in [2.45, 2.75) is 43.4 Å². The van der Waals surface area contributed by atoms with E-state index in [9.17, 15) is 0 Å². The number of rotatable bonds is 4. The molecule has 7 aromatic carbocycles. The van der Waals surface area contributed by atoms with Gasteiger partial charge in [0.2, 0.25) is 0 Å². The second-order valence-electron chi connectivity index (χ2n) is 15.2. The van der Waals surface area contributed by atoms with Gasteiger partial charge in [-0.2, -0.15) is 0 Å². The van der Waals surface area contributed by atoms with Crippen LogP contribution < -0.4 is 4.90 Å². The number of hydrogen-bond acceptors (Lipinski definition) is 2. The van der Waals surface area contributed by atoms with Gasteiger partial charge in [-0.25, -0.2) is 0 Å². The minimum absolute atomic E-state index is 0.0697. The summed E-state index contributed by atoms with van der Waals surface area (Å²) in [6, 6.07) is 57.9. The highest BCUT2D eigenvalue weighted by atomic mass is 16.3. The lowest BCUT2D eigenvalue weighted by Crippen LogP contribution is -2.49. The number of benzene rings is 7. The molecule has 0 N–H and O–H groups in total. The molecule has 1 aliphatic heterocycles. The van der Waals surface area contributed by atoms with E-state index in [0.717, 1.165) is 44.2 Å². The number of fused-ring (bicyclic) bond motifs is 6. The normalized spacial score (nSPS) is 20.1. The average Bonchev–Trinajstić information content (AvgIpc) is 3.59. The summed E-state index contributed by atoms with van der Waals surface area (Å²) in [6.07, 6.45) is 4.92. The van der Waals surface area contributed by atoms with Crippen LogP contribution in [0.3, 0.4) is 0 Å². The summed E-state index contributed by atoms with van der Waals surface area (Å²) in [5, 5.41) is 2.29. The predicted octanol–water partition coefficient (Wildman–Crippen LogP) is 13.5. The lowest BCUT2D eigenvalue weighted by atomic mass is 9.49. The first-order valence-electron chi connectivity index (χ1n) is 18.4. The van der Waals surface area contributed by atoms with Crippen molar-refractivity contribution < 1.29 is 4.42 Å². The molecule has 2 heterocycles. The van der Waals surface area contributed by atoms with Gasteiger partial charge in [0.25, 0.3) is 0 Å². The topological polar surface area (TPSA) is 16.4 Å². The van der Waals surface area contributed by atoms with Gasteiger partial charge in [0.15, 0.2) is 0 Å². The molecule has 4 aliphatic rings. The predicted molar refractivity (Wildman–Crippen MR) is 211 cm³/mol. The zero-order valence-electron chi connectivity index (χ0n) is 28.7. The first kappa shape index (κ1) is 28.9. The molecule has 8 aromatic rings. The first-order chi connectivity index (χ1) is 25.1. The summed E-state index contributed by atoms with van der Waals surface area (Å²) in [7, 11) is 0. The van der Waals surface area contributed by atoms with Gasteiger partial charge in [-0.1, -0.05) is 140 Å². The van der Waals surface area contributed by atoms with Crippen molar-refractivity contribution in [2.75, 3.05) is 4.90 Å². The van der Waals surface area contributed by atoms with E-state index in [-0.39, 0.29) is 10.8 Å². The monoisotopic (exact) mass is 655 g/mol. The van der Waals surface area contributed by atoms with Crippen LogP contribution in [-0.2, 0) is 10.8 Å².